The largest absolute Gasteiger partial charge is 0.355 e. The number of rotatable bonds is 2. The maximum Gasteiger partial charge on any atom is 0.219 e. The highest BCUT2D eigenvalue weighted by Crippen LogP contribution is 2.23. The summed E-state index contributed by atoms with van der Waals surface area (Å²) in [4.78, 5) is 20.1. The maximum atomic E-state index is 11.4. The molecule has 1 aliphatic heterocycles. The third-order valence-corrected chi connectivity index (χ3v) is 3.55. The molecule has 0 radical (unpaired) electrons. The molecule has 5 heteroatoms. The van der Waals surface area contributed by atoms with Crippen molar-refractivity contribution in [3.8, 4) is 0 Å². The highest BCUT2D eigenvalue weighted by molar-refractivity contribution is 5.73. The quantitative estimate of drug-likeness (QED) is 0.868. The number of hydrogen-bond donors (Lipinski definition) is 1. The molecule has 0 unspecified atom stereocenters. The number of anilines is 1. The molecule has 0 aromatic carbocycles. The molecule has 2 rings (SSSR count). The van der Waals surface area contributed by atoms with Gasteiger partial charge in [0.15, 0.2) is 0 Å². The minimum atomic E-state index is -0.0316. The lowest BCUT2D eigenvalue weighted by atomic mass is 10.1. The van der Waals surface area contributed by atoms with Crippen LogP contribution in [0.15, 0.2) is 18.3 Å². The van der Waals surface area contributed by atoms with E-state index in [-0.39, 0.29) is 11.9 Å². The summed E-state index contributed by atoms with van der Waals surface area (Å²) in [5.74, 6) is 1.11. The fourth-order valence-corrected chi connectivity index (χ4v) is 2.47. The Bertz CT molecular complexity index is 447. The SMILES string of the molecule is CC(=O)N1CCCN(c2ncccc2[C@H](C)N)CC1. The van der Waals surface area contributed by atoms with Gasteiger partial charge in [0.25, 0.3) is 0 Å². The molecule has 1 fully saturated rings. The van der Waals surface area contributed by atoms with Crippen LogP contribution in [-0.4, -0.2) is 42.0 Å². The molecule has 1 amide bonds. The van der Waals surface area contributed by atoms with Crippen molar-refractivity contribution < 1.29 is 4.79 Å². The first-order chi connectivity index (χ1) is 9.09. The third-order valence-electron chi connectivity index (χ3n) is 3.55. The van der Waals surface area contributed by atoms with E-state index >= 15 is 0 Å². The number of carbonyl (C=O) groups excluding carboxylic acids is 1. The van der Waals surface area contributed by atoms with E-state index in [1.807, 2.05) is 24.0 Å². The molecule has 5 nitrogen and oxygen atoms in total. The predicted molar refractivity (Wildman–Crippen MR) is 75.9 cm³/mol. The summed E-state index contributed by atoms with van der Waals surface area (Å²) < 4.78 is 0. The van der Waals surface area contributed by atoms with Crippen molar-refractivity contribution in [1.29, 1.82) is 0 Å². The first-order valence-corrected chi connectivity index (χ1v) is 6.80. The normalized spacial score (nSPS) is 18.1. The van der Waals surface area contributed by atoms with Crippen LogP contribution in [0, 0.1) is 0 Å². The topological polar surface area (TPSA) is 62.5 Å². The van der Waals surface area contributed by atoms with Crippen LogP contribution in [0.4, 0.5) is 5.82 Å². The Hall–Kier alpha value is -1.62. The van der Waals surface area contributed by atoms with E-state index in [0.29, 0.717) is 0 Å². The Morgan fingerprint density at radius 1 is 1.37 bits per heavy atom. The molecule has 1 aromatic rings. The van der Waals surface area contributed by atoms with Gasteiger partial charge in [-0.05, 0) is 19.4 Å². The van der Waals surface area contributed by atoms with Crippen LogP contribution in [0.25, 0.3) is 0 Å². The molecule has 1 aromatic heterocycles. The standard InChI is InChI=1S/C14H22N4O/c1-11(15)13-5-3-6-16-14(13)18-8-4-7-17(9-10-18)12(2)19/h3,5-6,11H,4,7-10,15H2,1-2H3/t11-/m0/s1. The molecule has 1 aliphatic rings. The minimum absolute atomic E-state index is 0.0316. The Balaban J connectivity index is 2.16. The van der Waals surface area contributed by atoms with Gasteiger partial charge in [-0.25, -0.2) is 4.98 Å². The fraction of sp³-hybridized carbons (Fsp3) is 0.571. The van der Waals surface area contributed by atoms with Crippen molar-refractivity contribution in [3.05, 3.63) is 23.9 Å². The summed E-state index contributed by atoms with van der Waals surface area (Å²) >= 11 is 0. The average Bonchev–Trinajstić information content (AvgIpc) is 2.64. The molecule has 0 saturated carbocycles. The molecule has 1 atom stereocenters. The summed E-state index contributed by atoms with van der Waals surface area (Å²) in [5, 5.41) is 0. The van der Waals surface area contributed by atoms with Gasteiger partial charge in [-0.15, -0.1) is 0 Å². The highest BCUT2D eigenvalue weighted by atomic mass is 16.2. The van der Waals surface area contributed by atoms with Crippen LogP contribution in [-0.2, 0) is 4.79 Å². The van der Waals surface area contributed by atoms with Crippen molar-refractivity contribution in [3.63, 3.8) is 0 Å². The van der Waals surface area contributed by atoms with Crippen molar-refractivity contribution >= 4 is 11.7 Å². The van der Waals surface area contributed by atoms with Crippen LogP contribution in [0.3, 0.4) is 0 Å². The van der Waals surface area contributed by atoms with Crippen molar-refractivity contribution in [2.45, 2.75) is 26.3 Å². The van der Waals surface area contributed by atoms with E-state index in [0.717, 1.165) is 44.0 Å². The number of carbonyl (C=O) groups is 1. The van der Waals surface area contributed by atoms with Gasteiger partial charge in [-0.3, -0.25) is 4.79 Å². The molecule has 104 valence electrons. The summed E-state index contributed by atoms with van der Waals surface area (Å²) in [6.07, 6.45) is 2.77. The van der Waals surface area contributed by atoms with Crippen molar-refractivity contribution in [2.24, 2.45) is 5.73 Å². The van der Waals surface area contributed by atoms with Crippen LogP contribution in [0.1, 0.15) is 31.9 Å². The highest BCUT2D eigenvalue weighted by Gasteiger charge is 2.20. The summed E-state index contributed by atoms with van der Waals surface area (Å²) in [6, 6.07) is 3.92. The van der Waals surface area contributed by atoms with Crippen LogP contribution in [0.2, 0.25) is 0 Å². The van der Waals surface area contributed by atoms with E-state index in [1.54, 1.807) is 13.1 Å². The fourth-order valence-electron chi connectivity index (χ4n) is 2.47. The van der Waals surface area contributed by atoms with Crippen molar-refractivity contribution in [1.82, 2.24) is 9.88 Å². The molecule has 1 saturated heterocycles. The maximum absolute atomic E-state index is 11.4. The van der Waals surface area contributed by atoms with Crippen LogP contribution < -0.4 is 10.6 Å². The monoisotopic (exact) mass is 262 g/mol. The second kappa shape index (κ2) is 6.02. The second-order valence-corrected chi connectivity index (χ2v) is 5.05. The zero-order valence-electron chi connectivity index (χ0n) is 11.7. The second-order valence-electron chi connectivity index (χ2n) is 5.05. The Morgan fingerprint density at radius 2 is 2.16 bits per heavy atom. The molecular weight excluding hydrogens is 240 g/mol. The van der Waals surface area contributed by atoms with Gasteiger partial charge in [0, 0.05) is 50.9 Å². The first-order valence-electron chi connectivity index (χ1n) is 6.80. The van der Waals surface area contributed by atoms with Gasteiger partial charge >= 0.3 is 0 Å². The molecule has 0 spiro atoms. The Morgan fingerprint density at radius 3 is 2.84 bits per heavy atom. The first kappa shape index (κ1) is 13.8. The predicted octanol–water partition coefficient (Wildman–Crippen LogP) is 1.16. The smallest absolute Gasteiger partial charge is 0.219 e. The summed E-state index contributed by atoms with van der Waals surface area (Å²) in [6.45, 7) is 6.91. The number of pyridine rings is 1. The molecule has 19 heavy (non-hydrogen) atoms. The Labute approximate surface area is 114 Å². The lowest BCUT2D eigenvalue weighted by Crippen LogP contribution is -2.34. The molecule has 2 N–H and O–H groups in total. The molecular formula is C14H22N4O. The zero-order valence-corrected chi connectivity index (χ0v) is 11.7. The molecule has 2 heterocycles. The molecule has 0 bridgehead atoms. The van der Waals surface area contributed by atoms with Crippen molar-refractivity contribution in [2.75, 3.05) is 31.1 Å². The van der Waals surface area contributed by atoms with Gasteiger partial charge in [0.05, 0.1) is 0 Å². The number of hydrogen-bond acceptors (Lipinski definition) is 4. The number of nitrogens with two attached hydrogens (primary N) is 1. The van der Waals surface area contributed by atoms with E-state index < -0.39 is 0 Å². The van der Waals surface area contributed by atoms with Crippen LogP contribution in [0.5, 0.6) is 0 Å². The van der Waals surface area contributed by atoms with E-state index in [9.17, 15) is 4.79 Å². The van der Waals surface area contributed by atoms with Gasteiger partial charge < -0.3 is 15.5 Å². The van der Waals surface area contributed by atoms with Gasteiger partial charge in [-0.2, -0.15) is 0 Å². The zero-order chi connectivity index (χ0) is 13.8. The lowest BCUT2D eigenvalue weighted by molar-refractivity contribution is -0.128. The average molecular weight is 262 g/mol. The van der Waals surface area contributed by atoms with Gasteiger partial charge in [-0.1, -0.05) is 6.07 Å². The summed E-state index contributed by atoms with van der Waals surface area (Å²) in [5.41, 5.74) is 7.07. The number of amides is 1. The number of aromatic nitrogens is 1. The Kier molecular flexibility index (Phi) is 4.37. The minimum Gasteiger partial charge on any atom is -0.355 e. The van der Waals surface area contributed by atoms with E-state index in [1.165, 1.54) is 0 Å². The van der Waals surface area contributed by atoms with Crippen LogP contribution >= 0.6 is 0 Å². The number of nitrogens with zero attached hydrogens (tertiary/aromatic N) is 3. The van der Waals surface area contributed by atoms with Gasteiger partial charge in [0.2, 0.25) is 5.91 Å². The van der Waals surface area contributed by atoms with Gasteiger partial charge in [0.1, 0.15) is 5.82 Å². The lowest BCUT2D eigenvalue weighted by Gasteiger charge is -2.25. The van der Waals surface area contributed by atoms with E-state index in [2.05, 4.69) is 9.88 Å². The third kappa shape index (κ3) is 3.23. The molecule has 0 aliphatic carbocycles. The summed E-state index contributed by atoms with van der Waals surface area (Å²) in [7, 11) is 0. The van der Waals surface area contributed by atoms with E-state index in [4.69, 9.17) is 5.73 Å².